The number of guanidine groups is 1. The molecular formula is C19H21F3N4O2. The van der Waals surface area contributed by atoms with Gasteiger partial charge in [-0.15, -0.1) is 13.2 Å². The predicted octanol–water partition coefficient (Wildman–Crippen LogP) is 2.94. The number of rotatable bonds is 7. The SMILES string of the molecule is CCNC(=NCc1cccc(C(N)=O)c1)NCc1ccccc1OC(F)(F)F. The second kappa shape index (κ2) is 9.63. The first-order valence-corrected chi connectivity index (χ1v) is 8.53. The van der Waals surface area contributed by atoms with Crippen molar-refractivity contribution in [2.45, 2.75) is 26.4 Å². The number of benzene rings is 2. The number of hydrogen-bond acceptors (Lipinski definition) is 3. The van der Waals surface area contributed by atoms with E-state index in [1.54, 1.807) is 30.3 Å². The van der Waals surface area contributed by atoms with Gasteiger partial charge in [0.2, 0.25) is 5.91 Å². The molecule has 150 valence electrons. The molecule has 0 atom stereocenters. The van der Waals surface area contributed by atoms with Gasteiger partial charge in [-0.3, -0.25) is 4.79 Å². The summed E-state index contributed by atoms with van der Waals surface area (Å²) < 4.78 is 41.6. The molecule has 0 heterocycles. The Bertz CT molecular complexity index is 838. The van der Waals surface area contributed by atoms with E-state index < -0.39 is 12.3 Å². The molecule has 0 aliphatic heterocycles. The number of ether oxygens (including phenoxy) is 1. The first-order valence-electron chi connectivity index (χ1n) is 8.53. The van der Waals surface area contributed by atoms with Gasteiger partial charge < -0.3 is 21.1 Å². The number of carbonyl (C=O) groups excluding carboxylic acids is 1. The fourth-order valence-corrected chi connectivity index (χ4v) is 2.39. The molecule has 1 amide bonds. The van der Waals surface area contributed by atoms with Crippen molar-refractivity contribution in [3.63, 3.8) is 0 Å². The maximum absolute atomic E-state index is 12.5. The van der Waals surface area contributed by atoms with E-state index in [4.69, 9.17) is 5.73 Å². The van der Waals surface area contributed by atoms with Crippen LogP contribution in [0, 0.1) is 0 Å². The summed E-state index contributed by atoms with van der Waals surface area (Å²) in [5.74, 6) is -0.390. The fraction of sp³-hybridized carbons (Fsp3) is 0.263. The van der Waals surface area contributed by atoms with Crippen molar-refractivity contribution in [2.24, 2.45) is 10.7 Å². The zero-order valence-electron chi connectivity index (χ0n) is 15.2. The van der Waals surface area contributed by atoms with Crippen LogP contribution in [0.25, 0.3) is 0 Å². The monoisotopic (exact) mass is 394 g/mol. The average Bonchev–Trinajstić information content (AvgIpc) is 2.64. The molecular weight excluding hydrogens is 373 g/mol. The van der Waals surface area contributed by atoms with E-state index in [0.29, 0.717) is 23.6 Å². The number of carbonyl (C=O) groups is 1. The minimum Gasteiger partial charge on any atom is -0.405 e. The first kappa shape index (κ1) is 21.1. The molecule has 0 fully saturated rings. The number of halogens is 3. The molecule has 28 heavy (non-hydrogen) atoms. The normalized spacial score (nSPS) is 11.8. The van der Waals surface area contributed by atoms with Crippen molar-refractivity contribution >= 4 is 11.9 Å². The molecule has 0 aromatic heterocycles. The molecule has 0 saturated carbocycles. The van der Waals surface area contributed by atoms with Crippen molar-refractivity contribution < 1.29 is 22.7 Å². The molecule has 0 unspecified atom stereocenters. The summed E-state index contributed by atoms with van der Waals surface area (Å²) in [6, 6.07) is 12.6. The summed E-state index contributed by atoms with van der Waals surface area (Å²) in [6.45, 7) is 2.77. The number of amides is 1. The standard InChI is InChI=1S/C19H21F3N4O2/c1-2-24-18(25-11-13-6-5-8-14(10-13)17(23)27)26-12-15-7-3-4-9-16(15)28-19(20,21)22/h3-10H,2,11-12H2,1H3,(H2,23,27)(H2,24,25,26). The Labute approximate surface area is 160 Å². The molecule has 9 heteroatoms. The molecule has 0 radical (unpaired) electrons. The lowest BCUT2D eigenvalue weighted by Crippen LogP contribution is -2.37. The number of hydrogen-bond donors (Lipinski definition) is 3. The van der Waals surface area contributed by atoms with Crippen LogP contribution >= 0.6 is 0 Å². The topological polar surface area (TPSA) is 88.7 Å². The molecule has 4 N–H and O–H groups in total. The van der Waals surface area contributed by atoms with Crippen LogP contribution in [0.15, 0.2) is 53.5 Å². The van der Waals surface area contributed by atoms with Crippen molar-refractivity contribution in [3.8, 4) is 5.75 Å². The van der Waals surface area contributed by atoms with Crippen molar-refractivity contribution in [1.29, 1.82) is 0 Å². The highest BCUT2D eigenvalue weighted by atomic mass is 19.4. The Kier molecular flexibility index (Phi) is 7.25. The van der Waals surface area contributed by atoms with Gasteiger partial charge in [0.25, 0.3) is 0 Å². The van der Waals surface area contributed by atoms with Crippen LogP contribution in [0.5, 0.6) is 5.75 Å². The van der Waals surface area contributed by atoms with Gasteiger partial charge in [0.05, 0.1) is 6.54 Å². The minimum atomic E-state index is -4.76. The number of primary amides is 1. The maximum Gasteiger partial charge on any atom is 0.573 e. The third kappa shape index (κ3) is 6.82. The predicted molar refractivity (Wildman–Crippen MR) is 99.7 cm³/mol. The lowest BCUT2D eigenvalue weighted by atomic mass is 10.1. The van der Waals surface area contributed by atoms with Crippen LogP contribution in [-0.2, 0) is 13.1 Å². The Morgan fingerprint density at radius 3 is 2.57 bits per heavy atom. The van der Waals surface area contributed by atoms with Crippen LogP contribution in [-0.4, -0.2) is 24.8 Å². The lowest BCUT2D eigenvalue weighted by Gasteiger charge is -2.15. The molecule has 0 spiro atoms. The Morgan fingerprint density at radius 1 is 1.14 bits per heavy atom. The molecule has 2 rings (SSSR count). The molecule has 0 bridgehead atoms. The van der Waals surface area contributed by atoms with Gasteiger partial charge >= 0.3 is 6.36 Å². The van der Waals surface area contributed by atoms with E-state index in [-0.39, 0.29) is 18.8 Å². The van der Waals surface area contributed by atoms with Crippen LogP contribution in [0.2, 0.25) is 0 Å². The largest absolute Gasteiger partial charge is 0.573 e. The van der Waals surface area contributed by atoms with E-state index in [1.807, 2.05) is 6.92 Å². The van der Waals surface area contributed by atoms with E-state index in [2.05, 4.69) is 20.4 Å². The van der Waals surface area contributed by atoms with Crippen molar-refractivity contribution in [3.05, 3.63) is 65.2 Å². The number of alkyl halides is 3. The summed E-state index contributed by atoms with van der Waals surface area (Å²) in [7, 11) is 0. The Hall–Kier alpha value is -3.23. The van der Waals surface area contributed by atoms with Crippen LogP contribution < -0.4 is 21.1 Å². The smallest absolute Gasteiger partial charge is 0.405 e. The number of nitrogens with two attached hydrogens (primary N) is 1. The zero-order valence-corrected chi connectivity index (χ0v) is 15.2. The van der Waals surface area contributed by atoms with E-state index in [0.717, 1.165) is 5.56 Å². The van der Waals surface area contributed by atoms with Crippen LogP contribution in [0.4, 0.5) is 13.2 Å². The highest BCUT2D eigenvalue weighted by Gasteiger charge is 2.31. The van der Waals surface area contributed by atoms with Gasteiger partial charge in [-0.25, -0.2) is 4.99 Å². The van der Waals surface area contributed by atoms with Gasteiger partial charge in [0.1, 0.15) is 5.75 Å². The second-order valence-electron chi connectivity index (χ2n) is 5.77. The molecule has 0 saturated heterocycles. The molecule has 6 nitrogen and oxygen atoms in total. The average molecular weight is 394 g/mol. The van der Waals surface area contributed by atoms with Crippen molar-refractivity contribution in [1.82, 2.24) is 10.6 Å². The van der Waals surface area contributed by atoms with Gasteiger partial charge in [-0.05, 0) is 30.7 Å². The first-order chi connectivity index (χ1) is 13.3. The summed E-state index contributed by atoms with van der Waals surface area (Å²) in [5.41, 5.74) is 6.75. The molecule has 2 aromatic rings. The Balaban J connectivity index is 2.08. The summed E-state index contributed by atoms with van der Waals surface area (Å²) >= 11 is 0. The quantitative estimate of drug-likeness (QED) is 0.498. The third-order valence-corrected chi connectivity index (χ3v) is 3.62. The zero-order chi connectivity index (χ0) is 20.6. The molecule has 2 aromatic carbocycles. The Morgan fingerprint density at radius 2 is 1.89 bits per heavy atom. The lowest BCUT2D eigenvalue weighted by molar-refractivity contribution is -0.274. The number of nitrogens with one attached hydrogen (secondary N) is 2. The number of aliphatic imine (C=N–C) groups is 1. The minimum absolute atomic E-state index is 0.0828. The third-order valence-electron chi connectivity index (χ3n) is 3.62. The molecule has 0 aliphatic rings. The summed E-state index contributed by atoms with van der Waals surface area (Å²) in [6.07, 6.45) is -4.76. The van der Waals surface area contributed by atoms with Gasteiger partial charge in [0.15, 0.2) is 5.96 Å². The van der Waals surface area contributed by atoms with Crippen molar-refractivity contribution in [2.75, 3.05) is 6.54 Å². The summed E-state index contributed by atoms with van der Waals surface area (Å²) in [4.78, 5) is 15.6. The van der Waals surface area contributed by atoms with Crippen LogP contribution in [0.3, 0.4) is 0 Å². The van der Waals surface area contributed by atoms with E-state index in [1.165, 1.54) is 18.2 Å². The molecule has 0 aliphatic carbocycles. The summed E-state index contributed by atoms with van der Waals surface area (Å²) in [5, 5.41) is 5.98. The van der Waals surface area contributed by atoms with Crippen LogP contribution in [0.1, 0.15) is 28.4 Å². The van der Waals surface area contributed by atoms with Gasteiger partial charge in [-0.1, -0.05) is 30.3 Å². The van der Waals surface area contributed by atoms with E-state index >= 15 is 0 Å². The number of nitrogens with zero attached hydrogens (tertiary/aromatic N) is 1. The fourth-order valence-electron chi connectivity index (χ4n) is 2.39. The van der Waals surface area contributed by atoms with E-state index in [9.17, 15) is 18.0 Å². The highest BCUT2D eigenvalue weighted by Crippen LogP contribution is 2.26. The van der Waals surface area contributed by atoms with Gasteiger partial charge in [0, 0.05) is 24.2 Å². The number of para-hydroxylation sites is 1. The highest BCUT2D eigenvalue weighted by molar-refractivity contribution is 5.92. The maximum atomic E-state index is 12.5. The second-order valence-corrected chi connectivity index (χ2v) is 5.77. The van der Waals surface area contributed by atoms with Gasteiger partial charge in [-0.2, -0.15) is 0 Å².